The van der Waals surface area contributed by atoms with Gasteiger partial charge in [-0.3, -0.25) is 9.59 Å². The van der Waals surface area contributed by atoms with Crippen LogP contribution in [0.1, 0.15) is 29.8 Å². The van der Waals surface area contributed by atoms with Crippen LogP contribution in [0, 0.1) is 0 Å². The first kappa shape index (κ1) is 25.1. The number of hydrogen-bond acceptors (Lipinski definition) is 7. The topological polar surface area (TPSA) is 116 Å². The predicted octanol–water partition coefficient (Wildman–Crippen LogP) is 1.67. The third-order valence-corrected chi connectivity index (χ3v) is 5.80. The highest BCUT2D eigenvalue weighted by atomic mass is 16.5. The standard InChI is InChI=1S/C26H29N5O5/c1-2-36-26(34)22(13-19-9-5-3-6-10-19)27-24(32)16-30-14-21(28-29-30)15-31-23(17-35-18-25(31)33)20-11-7-4-8-12-20/h3-12,14,22-23H,2,13,15-18H2,1H3,(H,27,32)/t22-,23-/m0/s1. The van der Waals surface area contributed by atoms with Gasteiger partial charge in [-0.1, -0.05) is 65.9 Å². The maximum absolute atomic E-state index is 12.7. The molecular weight excluding hydrogens is 462 g/mol. The van der Waals surface area contributed by atoms with Crippen molar-refractivity contribution in [3.63, 3.8) is 0 Å². The van der Waals surface area contributed by atoms with Crippen LogP contribution in [0.15, 0.2) is 66.9 Å². The molecule has 0 aliphatic carbocycles. The first-order valence-corrected chi connectivity index (χ1v) is 11.8. The second kappa shape index (κ2) is 12.1. The van der Waals surface area contributed by atoms with Crippen molar-refractivity contribution in [3.05, 3.63) is 83.7 Å². The second-order valence-electron chi connectivity index (χ2n) is 8.43. The molecule has 1 aliphatic rings. The van der Waals surface area contributed by atoms with Gasteiger partial charge in [0.1, 0.15) is 24.9 Å². The van der Waals surface area contributed by atoms with Crippen LogP contribution in [0.4, 0.5) is 0 Å². The van der Waals surface area contributed by atoms with E-state index in [2.05, 4.69) is 15.6 Å². The Bertz CT molecular complexity index is 1170. The normalized spacial score (nSPS) is 16.4. The van der Waals surface area contributed by atoms with Crippen LogP contribution < -0.4 is 5.32 Å². The van der Waals surface area contributed by atoms with Gasteiger partial charge in [0.05, 0.1) is 32.0 Å². The van der Waals surface area contributed by atoms with E-state index in [1.165, 1.54) is 4.68 Å². The van der Waals surface area contributed by atoms with E-state index < -0.39 is 17.9 Å². The van der Waals surface area contributed by atoms with E-state index in [-0.39, 0.29) is 38.3 Å². The monoisotopic (exact) mass is 491 g/mol. The molecule has 10 nitrogen and oxygen atoms in total. The highest BCUT2D eigenvalue weighted by molar-refractivity contribution is 5.84. The molecule has 0 unspecified atom stereocenters. The van der Waals surface area contributed by atoms with E-state index in [1.54, 1.807) is 18.0 Å². The third-order valence-electron chi connectivity index (χ3n) is 5.80. The van der Waals surface area contributed by atoms with Crippen molar-refractivity contribution in [1.82, 2.24) is 25.2 Å². The lowest BCUT2D eigenvalue weighted by molar-refractivity contribution is -0.149. The van der Waals surface area contributed by atoms with Crippen LogP contribution >= 0.6 is 0 Å². The van der Waals surface area contributed by atoms with Gasteiger partial charge in [0.25, 0.3) is 0 Å². The van der Waals surface area contributed by atoms with Gasteiger partial charge in [0, 0.05) is 6.42 Å². The summed E-state index contributed by atoms with van der Waals surface area (Å²) in [5, 5.41) is 10.9. The Labute approximate surface area is 209 Å². The molecule has 2 heterocycles. The summed E-state index contributed by atoms with van der Waals surface area (Å²) in [6.07, 6.45) is 1.94. The van der Waals surface area contributed by atoms with Crippen molar-refractivity contribution in [1.29, 1.82) is 0 Å². The second-order valence-corrected chi connectivity index (χ2v) is 8.43. The first-order valence-electron chi connectivity index (χ1n) is 11.8. The minimum atomic E-state index is -0.819. The SMILES string of the molecule is CCOC(=O)[C@H](Cc1ccccc1)NC(=O)Cn1cc(CN2C(=O)COC[C@H]2c2ccccc2)nn1. The van der Waals surface area contributed by atoms with Crippen molar-refractivity contribution in [2.24, 2.45) is 0 Å². The third kappa shape index (κ3) is 6.54. The molecule has 2 aromatic carbocycles. The molecule has 36 heavy (non-hydrogen) atoms. The number of nitrogens with zero attached hydrogens (tertiary/aromatic N) is 4. The largest absolute Gasteiger partial charge is 0.464 e. The molecule has 1 aliphatic heterocycles. The van der Waals surface area contributed by atoms with Gasteiger partial charge in [-0.15, -0.1) is 5.10 Å². The van der Waals surface area contributed by atoms with Crippen LogP contribution in [0.3, 0.4) is 0 Å². The van der Waals surface area contributed by atoms with Crippen molar-refractivity contribution in [2.75, 3.05) is 19.8 Å². The molecule has 4 rings (SSSR count). The summed E-state index contributed by atoms with van der Waals surface area (Å²) in [7, 11) is 0. The Balaban J connectivity index is 1.39. The van der Waals surface area contributed by atoms with Crippen molar-refractivity contribution >= 4 is 17.8 Å². The summed E-state index contributed by atoms with van der Waals surface area (Å²) in [5.74, 6) is -1.03. The highest BCUT2D eigenvalue weighted by Crippen LogP contribution is 2.26. The van der Waals surface area contributed by atoms with E-state index in [0.717, 1.165) is 11.1 Å². The summed E-state index contributed by atoms with van der Waals surface area (Å²) < 4.78 is 12.0. The van der Waals surface area contributed by atoms with Crippen LogP contribution in [-0.4, -0.2) is 63.5 Å². The zero-order chi connectivity index (χ0) is 25.3. The molecule has 1 aromatic heterocycles. The molecule has 1 N–H and O–H groups in total. The predicted molar refractivity (Wildman–Crippen MR) is 129 cm³/mol. The van der Waals surface area contributed by atoms with E-state index in [0.29, 0.717) is 18.7 Å². The van der Waals surface area contributed by atoms with Crippen molar-refractivity contribution < 1.29 is 23.9 Å². The lowest BCUT2D eigenvalue weighted by Crippen LogP contribution is -2.44. The Kier molecular flexibility index (Phi) is 8.40. The van der Waals surface area contributed by atoms with Gasteiger partial charge in [-0.25, -0.2) is 9.48 Å². The lowest BCUT2D eigenvalue weighted by atomic mass is 10.0. The van der Waals surface area contributed by atoms with Crippen LogP contribution in [0.2, 0.25) is 0 Å². The Hall–Kier alpha value is -4.05. The smallest absolute Gasteiger partial charge is 0.328 e. The Morgan fingerprint density at radius 3 is 2.58 bits per heavy atom. The number of benzene rings is 2. The van der Waals surface area contributed by atoms with Gasteiger partial charge in [0.15, 0.2) is 0 Å². The summed E-state index contributed by atoms with van der Waals surface area (Å²) in [6, 6.07) is 18.0. The fraction of sp³-hybridized carbons (Fsp3) is 0.346. The lowest BCUT2D eigenvalue weighted by Gasteiger charge is -2.35. The van der Waals surface area contributed by atoms with E-state index in [9.17, 15) is 14.4 Å². The number of morpholine rings is 1. The van der Waals surface area contributed by atoms with Crippen LogP contribution in [-0.2, 0) is 43.4 Å². The van der Waals surface area contributed by atoms with E-state index >= 15 is 0 Å². The highest BCUT2D eigenvalue weighted by Gasteiger charge is 2.30. The molecular formula is C26H29N5O5. The van der Waals surface area contributed by atoms with Gasteiger partial charge in [-0.2, -0.15) is 0 Å². The summed E-state index contributed by atoms with van der Waals surface area (Å²) in [4.78, 5) is 39.4. The molecule has 1 saturated heterocycles. The summed E-state index contributed by atoms with van der Waals surface area (Å²) in [5.41, 5.74) is 2.42. The van der Waals surface area contributed by atoms with Crippen molar-refractivity contribution in [3.8, 4) is 0 Å². The molecule has 1 fully saturated rings. The number of aromatic nitrogens is 3. The van der Waals surface area contributed by atoms with E-state index in [1.807, 2.05) is 60.7 Å². The van der Waals surface area contributed by atoms with Crippen LogP contribution in [0.25, 0.3) is 0 Å². The van der Waals surface area contributed by atoms with Gasteiger partial charge < -0.3 is 19.7 Å². The minimum absolute atomic E-state index is 0.0105. The molecule has 2 atom stereocenters. The molecule has 0 spiro atoms. The average Bonchev–Trinajstić information content (AvgIpc) is 3.32. The number of nitrogens with one attached hydrogen (secondary N) is 1. The summed E-state index contributed by atoms with van der Waals surface area (Å²) >= 11 is 0. The maximum Gasteiger partial charge on any atom is 0.328 e. The Morgan fingerprint density at radius 1 is 1.14 bits per heavy atom. The maximum atomic E-state index is 12.7. The molecule has 188 valence electrons. The average molecular weight is 492 g/mol. The fourth-order valence-electron chi connectivity index (χ4n) is 4.09. The Morgan fingerprint density at radius 2 is 1.86 bits per heavy atom. The number of esters is 1. The number of carbonyl (C=O) groups is 3. The molecule has 0 bridgehead atoms. The zero-order valence-electron chi connectivity index (χ0n) is 20.1. The van der Waals surface area contributed by atoms with Crippen LogP contribution in [0.5, 0.6) is 0 Å². The zero-order valence-corrected chi connectivity index (χ0v) is 20.1. The van der Waals surface area contributed by atoms with Gasteiger partial charge in [-0.05, 0) is 18.1 Å². The number of carbonyl (C=O) groups excluding carboxylic acids is 3. The minimum Gasteiger partial charge on any atom is -0.464 e. The molecule has 0 saturated carbocycles. The number of rotatable bonds is 10. The summed E-state index contributed by atoms with van der Waals surface area (Å²) in [6.45, 7) is 2.45. The number of amides is 2. The van der Waals surface area contributed by atoms with Gasteiger partial charge >= 0.3 is 5.97 Å². The van der Waals surface area contributed by atoms with Crippen molar-refractivity contribution in [2.45, 2.75) is 38.5 Å². The first-order chi connectivity index (χ1) is 17.5. The quantitative estimate of drug-likeness (QED) is 0.429. The number of hydrogen-bond donors (Lipinski definition) is 1. The fourth-order valence-corrected chi connectivity index (χ4v) is 4.09. The molecule has 10 heteroatoms. The molecule has 2 amide bonds. The molecule has 0 radical (unpaired) electrons. The number of ether oxygens (including phenoxy) is 2. The molecule has 3 aromatic rings. The van der Waals surface area contributed by atoms with Gasteiger partial charge in [0.2, 0.25) is 11.8 Å². The van der Waals surface area contributed by atoms with E-state index in [4.69, 9.17) is 9.47 Å².